The molecule has 2 aliphatic rings. The number of benzene rings is 1. The van der Waals surface area contributed by atoms with Crippen molar-refractivity contribution >= 4 is 23.4 Å². The van der Waals surface area contributed by atoms with Gasteiger partial charge in [0.1, 0.15) is 0 Å². The molecule has 2 aromatic rings. The van der Waals surface area contributed by atoms with Crippen molar-refractivity contribution in [3.8, 4) is 10.4 Å². The Morgan fingerprint density at radius 3 is 2.05 bits per heavy atom. The summed E-state index contributed by atoms with van der Waals surface area (Å²) in [5, 5.41) is 29.4. The predicted octanol–water partition coefficient (Wildman–Crippen LogP) is 5.56. The van der Waals surface area contributed by atoms with Crippen molar-refractivity contribution in [1.82, 2.24) is 15.6 Å². The molecule has 1 amide bonds. The molecule has 1 aromatic carbocycles. The van der Waals surface area contributed by atoms with Gasteiger partial charge in [-0.2, -0.15) is 13.2 Å². The maximum absolute atomic E-state index is 10.6. The number of aliphatic carboxylic acids is 1. The van der Waals surface area contributed by atoms with Gasteiger partial charge >= 0.3 is 18.2 Å². The largest absolute Gasteiger partial charge is 0.490 e. The molecule has 0 radical (unpaired) electrons. The van der Waals surface area contributed by atoms with Crippen LogP contribution in [0.15, 0.2) is 36.0 Å². The van der Waals surface area contributed by atoms with E-state index in [9.17, 15) is 18.0 Å². The third-order valence-corrected chi connectivity index (χ3v) is 5.92. The Hall–Kier alpha value is -2.70. The van der Waals surface area contributed by atoms with Crippen LogP contribution in [0, 0.1) is 12.8 Å². The highest BCUT2D eigenvalue weighted by Gasteiger charge is 2.38. The predicted molar refractivity (Wildman–Crippen MR) is 139 cm³/mol. The highest BCUT2D eigenvalue weighted by atomic mass is 32.1. The Balaban J connectivity index is 0.000000472. The number of aryl methyl sites for hydroxylation is 1. The molecule has 1 unspecified atom stereocenters. The summed E-state index contributed by atoms with van der Waals surface area (Å²) in [6, 6.07) is 8.50. The number of β-amino-alcohol motifs (C(OH)–C–C–N with tert-alkyl or cyclic N) is 1. The average molecular weight is 550 g/mol. The van der Waals surface area contributed by atoms with Crippen LogP contribution in [0.3, 0.4) is 0 Å². The first-order valence-electron chi connectivity index (χ1n) is 12.1. The van der Waals surface area contributed by atoms with Crippen molar-refractivity contribution in [1.29, 1.82) is 0 Å². The van der Waals surface area contributed by atoms with Gasteiger partial charge in [-0.25, -0.2) is 9.59 Å². The molecule has 2 fully saturated rings. The van der Waals surface area contributed by atoms with E-state index >= 15 is 0 Å². The number of hydrogen-bond donors (Lipinski definition) is 5. The Morgan fingerprint density at radius 1 is 1.14 bits per heavy atom. The van der Waals surface area contributed by atoms with Gasteiger partial charge < -0.3 is 26.0 Å². The number of nitrogens with one attached hydrogen (secondary N) is 2. The summed E-state index contributed by atoms with van der Waals surface area (Å²) in [5.41, 5.74) is 4.40. The minimum atomic E-state index is -5.08. The number of amides is 1. The molecule has 210 valence electrons. The molecule has 0 spiro atoms. The molecule has 1 saturated carbocycles. The Labute approximate surface area is 220 Å². The number of aromatic nitrogens is 1. The van der Waals surface area contributed by atoms with E-state index in [1.165, 1.54) is 35.3 Å². The lowest BCUT2D eigenvalue weighted by Crippen LogP contribution is -2.25. The van der Waals surface area contributed by atoms with E-state index in [0.29, 0.717) is 6.54 Å². The summed E-state index contributed by atoms with van der Waals surface area (Å²) in [6.07, 6.45) is 1.71. The summed E-state index contributed by atoms with van der Waals surface area (Å²) in [5.74, 6) is -1.96. The summed E-state index contributed by atoms with van der Waals surface area (Å²) in [4.78, 5) is 24.1. The lowest BCUT2D eigenvalue weighted by atomic mass is 9.83. The summed E-state index contributed by atoms with van der Waals surface area (Å²) < 4.78 is 31.7. The number of alkyl halides is 3. The molecular formula is C25H38F3N3O5S. The second-order valence-corrected chi connectivity index (χ2v) is 8.89. The quantitative estimate of drug-likeness (QED) is 0.337. The second kappa shape index (κ2) is 19.4. The van der Waals surface area contributed by atoms with E-state index in [4.69, 9.17) is 20.1 Å². The molecule has 1 aromatic heterocycles. The third-order valence-electron chi connectivity index (χ3n) is 5.10. The highest BCUT2D eigenvalue weighted by Crippen LogP contribution is 2.28. The molecule has 8 nitrogen and oxygen atoms in total. The Bertz CT molecular complexity index is 855. The standard InChI is InChI=1S/C10H9NS.C7H13NO2.C4H9NO.C2HF3O2.C2H6/c1-8-2-4-9(5-3-8)10-6-11-7-12-10;9-7(10)8-5-4-6-2-1-3-6;6-4-1-2-5-3-4;3-2(4,5)1(6)7;1-2/h2-7H,1H3;6,8H,1-5H2,(H,9,10);4-6H,1-3H2;(H,6,7);1-2H3. The maximum atomic E-state index is 10.6. The number of thiazole rings is 1. The first-order chi connectivity index (χ1) is 17.5. The molecule has 1 saturated heterocycles. The van der Waals surface area contributed by atoms with Crippen molar-refractivity contribution in [2.24, 2.45) is 5.92 Å². The number of hydrogen-bond acceptors (Lipinski definition) is 6. The number of aliphatic hydroxyl groups excluding tert-OH is 1. The first-order valence-corrected chi connectivity index (χ1v) is 13.0. The van der Waals surface area contributed by atoms with Gasteiger partial charge in [-0.05, 0) is 37.8 Å². The van der Waals surface area contributed by atoms with Crippen LogP contribution in [0.5, 0.6) is 0 Å². The van der Waals surface area contributed by atoms with Crippen molar-refractivity contribution in [2.45, 2.75) is 65.2 Å². The molecule has 12 heteroatoms. The fourth-order valence-corrected chi connectivity index (χ4v) is 3.51. The van der Waals surface area contributed by atoms with E-state index in [1.807, 2.05) is 25.6 Å². The minimum Gasteiger partial charge on any atom is -0.475 e. The zero-order valence-corrected chi connectivity index (χ0v) is 22.2. The Kier molecular flexibility index (Phi) is 18.0. The zero-order valence-electron chi connectivity index (χ0n) is 21.4. The number of nitrogens with zero attached hydrogens (tertiary/aromatic N) is 1. The van der Waals surface area contributed by atoms with Crippen LogP contribution in [-0.2, 0) is 4.79 Å². The van der Waals surface area contributed by atoms with E-state index in [2.05, 4.69) is 46.8 Å². The number of carboxylic acids is 1. The molecule has 1 aliphatic heterocycles. The second-order valence-electron chi connectivity index (χ2n) is 8.00. The molecule has 5 N–H and O–H groups in total. The summed E-state index contributed by atoms with van der Waals surface area (Å²) >= 11 is 1.67. The molecule has 1 atom stereocenters. The minimum absolute atomic E-state index is 0.0648. The summed E-state index contributed by atoms with van der Waals surface area (Å²) in [7, 11) is 0. The topological polar surface area (TPSA) is 132 Å². The number of aliphatic hydroxyl groups is 1. The van der Waals surface area contributed by atoms with Gasteiger partial charge in [0.2, 0.25) is 0 Å². The molecular weight excluding hydrogens is 511 g/mol. The molecule has 0 bridgehead atoms. The van der Waals surface area contributed by atoms with Crippen molar-refractivity contribution in [3.05, 3.63) is 41.5 Å². The van der Waals surface area contributed by atoms with Gasteiger partial charge in [0.25, 0.3) is 0 Å². The maximum Gasteiger partial charge on any atom is 0.490 e. The normalized spacial score (nSPS) is 16.0. The SMILES string of the molecule is CC.Cc1ccc(-c2cncs2)cc1.O=C(O)C(F)(F)F.O=C(O)NCCC1CCC1.OC1CCNC1. The first kappa shape index (κ1) is 34.3. The zero-order chi connectivity index (χ0) is 28.3. The van der Waals surface area contributed by atoms with E-state index in [-0.39, 0.29) is 6.10 Å². The van der Waals surface area contributed by atoms with Crippen molar-refractivity contribution < 1.29 is 38.1 Å². The average Bonchev–Trinajstić information content (AvgIpc) is 3.52. The van der Waals surface area contributed by atoms with Crippen LogP contribution < -0.4 is 10.6 Å². The van der Waals surface area contributed by atoms with E-state index < -0.39 is 18.2 Å². The number of halogens is 3. The van der Waals surface area contributed by atoms with Gasteiger partial charge in [-0.15, -0.1) is 11.3 Å². The smallest absolute Gasteiger partial charge is 0.475 e. The van der Waals surface area contributed by atoms with Crippen molar-refractivity contribution in [2.75, 3.05) is 19.6 Å². The summed E-state index contributed by atoms with van der Waals surface area (Å²) in [6.45, 7) is 8.50. The number of carbonyl (C=O) groups is 2. The Morgan fingerprint density at radius 2 is 1.73 bits per heavy atom. The van der Waals surface area contributed by atoms with E-state index in [1.54, 1.807) is 11.3 Å². The van der Waals surface area contributed by atoms with Crippen LogP contribution in [0.1, 0.15) is 51.5 Å². The van der Waals surface area contributed by atoms with Gasteiger partial charge in [0, 0.05) is 19.3 Å². The monoisotopic (exact) mass is 549 g/mol. The van der Waals surface area contributed by atoms with Crippen LogP contribution in [0.25, 0.3) is 10.4 Å². The van der Waals surface area contributed by atoms with Crippen LogP contribution >= 0.6 is 11.3 Å². The number of carboxylic acid groups (broad SMARTS) is 2. The molecule has 4 rings (SSSR count). The lowest BCUT2D eigenvalue weighted by Gasteiger charge is -2.24. The van der Waals surface area contributed by atoms with Gasteiger partial charge in [0.15, 0.2) is 0 Å². The van der Waals surface area contributed by atoms with Crippen LogP contribution in [-0.4, -0.2) is 64.3 Å². The molecule has 1 aliphatic carbocycles. The van der Waals surface area contributed by atoms with Crippen LogP contribution in [0.4, 0.5) is 18.0 Å². The lowest BCUT2D eigenvalue weighted by molar-refractivity contribution is -0.192. The number of rotatable bonds is 4. The van der Waals surface area contributed by atoms with Gasteiger partial charge in [-0.3, -0.25) is 4.98 Å². The molecule has 2 heterocycles. The van der Waals surface area contributed by atoms with Gasteiger partial charge in [0.05, 0.1) is 16.5 Å². The van der Waals surface area contributed by atoms with E-state index in [0.717, 1.165) is 31.8 Å². The van der Waals surface area contributed by atoms with Gasteiger partial charge in [-0.1, -0.05) is 62.9 Å². The molecule has 37 heavy (non-hydrogen) atoms. The van der Waals surface area contributed by atoms with Crippen LogP contribution in [0.2, 0.25) is 0 Å². The highest BCUT2D eigenvalue weighted by molar-refractivity contribution is 7.13. The fourth-order valence-electron chi connectivity index (χ4n) is 2.88. The fraction of sp³-hybridized carbons (Fsp3) is 0.560. The van der Waals surface area contributed by atoms with Crippen molar-refractivity contribution in [3.63, 3.8) is 0 Å². The third kappa shape index (κ3) is 17.4.